The molecule has 0 bridgehead atoms. The minimum atomic E-state index is -1.02. The third kappa shape index (κ3) is 2.59. The maximum Gasteiger partial charge on any atom is 0.336 e. The van der Waals surface area contributed by atoms with Gasteiger partial charge in [0.2, 0.25) is 0 Å². The average molecular weight is 366 g/mol. The van der Waals surface area contributed by atoms with Crippen molar-refractivity contribution >= 4 is 27.9 Å². The second kappa shape index (κ2) is 6.28. The number of carboxylic acids is 1. The number of carboxylic acid groups (broad SMARTS) is 1. The monoisotopic (exact) mass is 366 g/mol. The van der Waals surface area contributed by atoms with Crippen LogP contribution in [0.4, 0.5) is 0 Å². The van der Waals surface area contributed by atoms with E-state index in [1.165, 1.54) is 4.80 Å². The smallest absolute Gasteiger partial charge is 0.336 e. The summed E-state index contributed by atoms with van der Waals surface area (Å²) in [4.78, 5) is 18.2. The van der Waals surface area contributed by atoms with Gasteiger partial charge >= 0.3 is 5.97 Å². The summed E-state index contributed by atoms with van der Waals surface area (Å²) in [5, 5.41) is 19.4. The minimum absolute atomic E-state index is 0.162. The maximum absolute atomic E-state index is 12.0. The maximum atomic E-state index is 12.0. The molecule has 0 saturated carbocycles. The Bertz CT molecular complexity index is 1330. The van der Waals surface area contributed by atoms with E-state index in [4.69, 9.17) is 0 Å². The van der Waals surface area contributed by atoms with Gasteiger partial charge in [-0.15, -0.1) is 10.2 Å². The van der Waals surface area contributed by atoms with E-state index in [1.54, 1.807) is 12.1 Å². The van der Waals surface area contributed by atoms with Crippen molar-refractivity contribution in [2.45, 2.75) is 0 Å². The molecular weight excluding hydrogens is 352 g/mol. The van der Waals surface area contributed by atoms with E-state index in [0.29, 0.717) is 27.6 Å². The first-order valence-electron chi connectivity index (χ1n) is 8.76. The van der Waals surface area contributed by atoms with Crippen LogP contribution in [-0.4, -0.2) is 31.1 Å². The van der Waals surface area contributed by atoms with Gasteiger partial charge in [-0.2, -0.15) is 4.80 Å². The van der Waals surface area contributed by atoms with Crippen molar-refractivity contribution in [3.63, 3.8) is 0 Å². The summed E-state index contributed by atoms with van der Waals surface area (Å²) in [6.45, 7) is 0. The highest BCUT2D eigenvalue weighted by Crippen LogP contribution is 2.29. The van der Waals surface area contributed by atoms with Gasteiger partial charge in [-0.1, -0.05) is 48.5 Å². The van der Waals surface area contributed by atoms with E-state index in [2.05, 4.69) is 15.2 Å². The number of hydrogen-bond acceptors (Lipinski definition) is 4. The number of hydrogen-bond donors (Lipinski definition) is 1. The Morgan fingerprint density at radius 1 is 0.821 bits per heavy atom. The van der Waals surface area contributed by atoms with Crippen LogP contribution in [0.3, 0.4) is 0 Å². The molecule has 0 aliphatic rings. The molecule has 6 heteroatoms. The van der Waals surface area contributed by atoms with Crippen LogP contribution in [0.2, 0.25) is 0 Å². The van der Waals surface area contributed by atoms with Crippen molar-refractivity contribution in [3.8, 4) is 16.9 Å². The zero-order chi connectivity index (χ0) is 19.1. The number of nitrogens with zero attached hydrogens (tertiary/aromatic N) is 4. The molecular formula is C22H14N4O2. The molecule has 0 aliphatic carbocycles. The highest BCUT2D eigenvalue weighted by Gasteiger charge is 2.18. The van der Waals surface area contributed by atoms with Gasteiger partial charge < -0.3 is 5.11 Å². The fourth-order valence-corrected chi connectivity index (χ4v) is 3.30. The molecule has 0 spiro atoms. The third-order valence-corrected chi connectivity index (χ3v) is 4.61. The minimum Gasteiger partial charge on any atom is -0.478 e. The van der Waals surface area contributed by atoms with Crippen LogP contribution in [0.1, 0.15) is 10.4 Å². The van der Waals surface area contributed by atoms with Crippen molar-refractivity contribution in [1.29, 1.82) is 0 Å². The molecule has 6 nitrogen and oxygen atoms in total. The fraction of sp³-hybridized carbons (Fsp3) is 0. The molecule has 0 unspecified atom stereocenters. The SMILES string of the molecule is O=C(O)c1cc(-c2ccccc2)nc2ccc3nn(-c4ccccc4)nc3c12. The predicted octanol–water partition coefficient (Wildman–Crippen LogP) is 4.33. The standard InChI is InChI=1S/C22H14N4O2/c27-22(28)16-13-19(14-7-3-1-4-8-14)23-17-11-12-18-21(20(16)17)25-26(24-18)15-9-5-2-6-10-15/h1-13H,(H,27,28). The van der Waals surface area contributed by atoms with Crippen LogP contribution < -0.4 is 0 Å². The number of para-hydroxylation sites is 1. The Balaban J connectivity index is 1.80. The van der Waals surface area contributed by atoms with E-state index < -0.39 is 5.97 Å². The van der Waals surface area contributed by atoms with Gasteiger partial charge in [0.15, 0.2) is 0 Å². The molecule has 5 aromatic rings. The topological polar surface area (TPSA) is 80.9 Å². The van der Waals surface area contributed by atoms with Crippen molar-refractivity contribution in [2.75, 3.05) is 0 Å². The van der Waals surface area contributed by atoms with Crippen molar-refractivity contribution < 1.29 is 9.90 Å². The van der Waals surface area contributed by atoms with Crippen LogP contribution in [0, 0.1) is 0 Å². The molecule has 5 rings (SSSR count). The van der Waals surface area contributed by atoms with Crippen LogP contribution in [0.5, 0.6) is 0 Å². The van der Waals surface area contributed by atoms with Crippen LogP contribution >= 0.6 is 0 Å². The molecule has 1 N–H and O–H groups in total. The summed E-state index contributed by atoms with van der Waals surface area (Å²) in [5.41, 5.74) is 4.15. The summed E-state index contributed by atoms with van der Waals surface area (Å²) in [7, 11) is 0. The number of fused-ring (bicyclic) bond motifs is 3. The summed E-state index contributed by atoms with van der Waals surface area (Å²) >= 11 is 0. The normalized spacial score (nSPS) is 11.1. The molecule has 0 aliphatic heterocycles. The lowest BCUT2D eigenvalue weighted by Gasteiger charge is -2.07. The quantitative estimate of drug-likeness (QED) is 0.514. The van der Waals surface area contributed by atoms with E-state index in [1.807, 2.05) is 66.7 Å². The van der Waals surface area contributed by atoms with Crippen LogP contribution in [-0.2, 0) is 0 Å². The third-order valence-electron chi connectivity index (χ3n) is 4.61. The molecule has 2 aromatic heterocycles. The van der Waals surface area contributed by atoms with E-state index in [0.717, 1.165) is 11.3 Å². The molecule has 0 radical (unpaired) electrons. The Morgan fingerprint density at radius 2 is 1.50 bits per heavy atom. The van der Waals surface area contributed by atoms with Crippen molar-refractivity contribution in [3.05, 3.63) is 84.4 Å². The van der Waals surface area contributed by atoms with Gasteiger partial charge in [-0.3, -0.25) is 0 Å². The van der Waals surface area contributed by atoms with E-state index >= 15 is 0 Å². The van der Waals surface area contributed by atoms with Gasteiger partial charge in [0.25, 0.3) is 0 Å². The fourth-order valence-electron chi connectivity index (χ4n) is 3.30. The zero-order valence-electron chi connectivity index (χ0n) is 14.6. The number of rotatable bonds is 3. The number of aromatic carboxylic acids is 1. The lowest BCUT2D eigenvalue weighted by Crippen LogP contribution is -2.01. The summed E-state index contributed by atoms with van der Waals surface area (Å²) in [5.74, 6) is -1.02. The zero-order valence-corrected chi connectivity index (χ0v) is 14.6. The average Bonchev–Trinajstić information content (AvgIpc) is 3.19. The molecule has 0 amide bonds. The molecule has 134 valence electrons. The Hall–Kier alpha value is -4.06. The van der Waals surface area contributed by atoms with Crippen LogP contribution in [0.15, 0.2) is 78.9 Å². The lowest BCUT2D eigenvalue weighted by atomic mass is 10.0. The first kappa shape index (κ1) is 16.1. The summed E-state index contributed by atoms with van der Waals surface area (Å²) < 4.78 is 0. The molecule has 3 aromatic carbocycles. The van der Waals surface area contributed by atoms with Gasteiger partial charge in [-0.05, 0) is 30.3 Å². The summed E-state index contributed by atoms with van der Waals surface area (Å²) in [6.07, 6.45) is 0. The number of aromatic nitrogens is 4. The number of pyridine rings is 1. The lowest BCUT2D eigenvalue weighted by molar-refractivity contribution is 0.0699. The molecule has 0 fully saturated rings. The second-order valence-corrected chi connectivity index (χ2v) is 6.38. The largest absolute Gasteiger partial charge is 0.478 e. The predicted molar refractivity (Wildman–Crippen MR) is 107 cm³/mol. The van der Waals surface area contributed by atoms with E-state index in [9.17, 15) is 9.90 Å². The van der Waals surface area contributed by atoms with Gasteiger partial charge in [0.05, 0.1) is 22.5 Å². The molecule has 28 heavy (non-hydrogen) atoms. The van der Waals surface area contributed by atoms with Crippen molar-refractivity contribution in [1.82, 2.24) is 20.0 Å². The van der Waals surface area contributed by atoms with Gasteiger partial charge in [0.1, 0.15) is 11.0 Å². The first-order valence-corrected chi connectivity index (χ1v) is 8.76. The Morgan fingerprint density at radius 3 is 2.21 bits per heavy atom. The van der Waals surface area contributed by atoms with Gasteiger partial charge in [-0.25, -0.2) is 9.78 Å². The molecule has 2 heterocycles. The van der Waals surface area contributed by atoms with E-state index in [-0.39, 0.29) is 5.56 Å². The summed E-state index contributed by atoms with van der Waals surface area (Å²) in [6, 6.07) is 24.2. The number of carbonyl (C=O) groups is 1. The Kier molecular flexibility index (Phi) is 3.62. The molecule has 0 saturated heterocycles. The highest BCUT2D eigenvalue weighted by atomic mass is 16.4. The number of benzene rings is 3. The second-order valence-electron chi connectivity index (χ2n) is 6.38. The van der Waals surface area contributed by atoms with Gasteiger partial charge in [0, 0.05) is 10.9 Å². The first-order chi connectivity index (χ1) is 13.7. The highest BCUT2D eigenvalue weighted by molar-refractivity contribution is 6.13. The van der Waals surface area contributed by atoms with Crippen LogP contribution in [0.25, 0.3) is 38.9 Å². The van der Waals surface area contributed by atoms with Crippen molar-refractivity contribution in [2.24, 2.45) is 0 Å². The molecule has 0 atom stereocenters. The Labute approximate surface area is 159 Å².